The number of amides is 1. The Morgan fingerprint density at radius 2 is 2.10 bits per heavy atom. The molecule has 1 aromatic rings. The van der Waals surface area contributed by atoms with Gasteiger partial charge in [0.2, 0.25) is 5.91 Å². The highest BCUT2D eigenvalue weighted by molar-refractivity contribution is 7.99. The number of hydrogen-bond acceptors (Lipinski definition) is 4. The van der Waals surface area contributed by atoms with E-state index in [9.17, 15) is 14.7 Å². The molecule has 1 N–H and O–H groups in total. The van der Waals surface area contributed by atoms with E-state index in [2.05, 4.69) is 0 Å². The van der Waals surface area contributed by atoms with E-state index in [4.69, 9.17) is 0 Å². The maximum absolute atomic E-state index is 12.5. The molecule has 0 saturated carbocycles. The van der Waals surface area contributed by atoms with Gasteiger partial charge in [-0.1, -0.05) is 18.2 Å². The number of anilines is 1. The first-order valence-electron chi connectivity index (χ1n) is 7.03. The fraction of sp³-hybridized carbons (Fsp3) is 0.467. The topological polar surface area (TPSA) is 60.9 Å². The maximum Gasteiger partial charge on any atom is 0.321 e. The van der Waals surface area contributed by atoms with E-state index in [1.807, 2.05) is 37.3 Å². The number of rotatable bonds is 5. The summed E-state index contributed by atoms with van der Waals surface area (Å²) < 4.78 is 0. The molecule has 1 unspecified atom stereocenters. The third-order valence-corrected chi connectivity index (χ3v) is 4.57. The fourth-order valence-corrected chi connectivity index (χ4v) is 3.53. The molecule has 0 radical (unpaired) electrons. The van der Waals surface area contributed by atoms with E-state index in [-0.39, 0.29) is 12.5 Å². The zero-order valence-corrected chi connectivity index (χ0v) is 12.9. The Morgan fingerprint density at radius 1 is 1.38 bits per heavy atom. The molecular weight excluding hydrogens is 288 g/mol. The van der Waals surface area contributed by atoms with Crippen LogP contribution in [0.25, 0.3) is 0 Å². The summed E-state index contributed by atoms with van der Waals surface area (Å²) in [5.74, 6) is 0.508. The van der Waals surface area contributed by atoms with E-state index < -0.39 is 12.0 Å². The minimum absolute atomic E-state index is 0.0538. The van der Waals surface area contributed by atoms with Crippen LogP contribution < -0.4 is 4.90 Å². The molecule has 6 heteroatoms. The Labute approximate surface area is 128 Å². The highest BCUT2D eigenvalue weighted by Crippen LogP contribution is 2.18. The number of carbonyl (C=O) groups excluding carboxylic acids is 1. The molecule has 0 spiro atoms. The van der Waals surface area contributed by atoms with Crippen LogP contribution in [0.5, 0.6) is 0 Å². The lowest BCUT2D eigenvalue weighted by atomic mass is 10.2. The molecule has 1 fully saturated rings. The summed E-state index contributed by atoms with van der Waals surface area (Å²) in [6, 6.07) is 8.90. The van der Waals surface area contributed by atoms with Gasteiger partial charge >= 0.3 is 5.97 Å². The molecule has 1 aromatic carbocycles. The first-order valence-corrected chi connectivity index (χ1v) is 8.19. The molecule has 0 aromatic heterocycles. The molecule has 21 heavy (non-hydrogen) atoms. The zero-order chi connectivity index (χ0) is 15.2. The van der Waals surface area contributed by atoms with Crippen LogP contribution in [-0.2, 0) is 9.59 Å². The van der Waals surface area contributed by atoms with Crippen LogP contribution in [0.4, 0.5) is 5.69 Å². The van der Waals surface area contributed by atoms with Crippen molar-refractivity contribution in [1.29, 1.82) is 0 Å². The van der Waals surface area contributed by atoms with Gasteiger partial charge in [-0.3, -0.25) is 14.5 Å². The Kier molecular flexibility index (Phi) is 5.64. The monoisotopic (exact) mass is 308 g/mol. The van der Waals surface area contributed by atoms with Crippen molar-refractivity contribution in [2.75, 3.05) is 36.0 Å². The summed E-state index contributed by atoms with van der Waals surface area (Å²) in [6.07, 6.45) is 0. The fourth-order valence-electron chi connectivity index (χ4n) is 2.42. The number of benzene rings is 1. The molecule has 0 bridgehead atoms. The van der Waals surface area contributed by atoms with Gasteiger partial charge in [-0.2, -0.15) is 11.8 Å². The standard InChI is InChI=1S/C15H20N2O3S/c1-2-17(12-6-4-3-5-7-12)14(18)10-16-8-9-21-11-13(16)15(19)20/h3-7,13H,2,8-11H2,1H3,(H,19,20). The quantitative estimate of drug-likeness (QED) is 0.894. The number of likely N-dealkylation sites (N-methyl/N-ethyl adjacent to an activating group) is 1. The third-order valence-electron chi connectivity index (χ3n) is 3.55. The van der Waals surface area contributed by atoms with Gasteiger partial charge in [-0.25, -0.2) is 0 Å². The largest absolute Gasteiger partial charge is 0.480 e. The average Bonchev–Trinajstić information content (AvgIpc) is 2.49. The number of hydrogen-bond donors (Lipinski definition) is 1. The van der Waals surface area contributed by atoms with E-state index in [1.54, 1.807) is 21.6 Å². The second-order valence-electron chi connectivity index (χ2n) is 4.87. The van der Waals surface area contributed by atoms with Crippen molar-refractivity contribution < 1.29 is 14.7 Å². The van der Waals surface area contributed by atoms with Crippen LogP contribution in [0.2, 0.25) is 0 Å². The Morgan fingerprint density at radius 3 is 2.71 bits per heavy atom. The molecule has 114 valence electrons. The first-order chi connectivity index (χ1) is 10.1. The van der Waals surface area contributed by atoms with Gasteiger partial charge in [-0.05, 0) is 19.1 Å². The summed E-state index contributed by atoms with van der Waals surface area (Å²) in [5.41, 5.74) is 0.850. The Bertz CT molecular complexity index is 495. The van der Waals surface area contributed by atoms with Crippen molar-refractivity contribution in [1.82, 2.24) is 4.90 Å². The smallest absolute Gasteiger partial charge is 0.321 e. The summed E-state index contributed by atoms with van der Waals surface area (Å²) in [7, 11) is 0. The van der Waals surface area contributed by atoms with Gasteiger partial charge in [-0.15, -0.1) is 0 Å². The van der Waals surface area contributed by atoms with Gasteiger partial charge in [0.25, 0.3) is 0 Å². The van der Waals surface area contributed by atoms with Crippen LogP contribution in [0.1, 0.15) is 6.92 Å². The number of thioether (sulfide) groups is 1. The Hall–Kier alpha value is -1.53. The molecule has 1 atom stereocenters. The highest BCUT2D eigenvalue weighted by atomic mass is 32.2. The summed E-state index contributed by atoms with van der Waals surface area (Å²) in [4.78, 5) is 27.2. The van der Waals surface area contributed by atoms with Crippen molar-refractivity contribution in [3.63, 3.8) is 0 Å². The average molecular weight is 308 g/mol. The van der Waals surface area contributed by atoms with E-state index in [1.165, 1.54) is 0 Å². The highest BCUT2D eigenvalue weighted by Gasteiger charge is 2.31. The maximum atomic E-state index is 12.5. The lowest BCUT2D eigenvalue weighted by Gasteiger charge is -2.33. The number of carbonyl (C=O) groups is 2. The van der Waals surface area contributed by atoms with Crippen LogP contribution in [-0.4, -0.2) is 59.1 Å². The molecular formula is C15H20N2O3S. The first kappa shape index (κ1) is 15.9. The summed E-state index contributed by atoms with van der Waals surface area (Å²) in [6.45, 7) is 3.29. The van der Waals surface area contributed by atoms with Crippen LogP contribution in [0.3, 0.4) is 0 Å². The van der Waals surface area contributed by atoms with Crippen LogP contribution in [0.15, 0.2) is 30.3 Å². The van der Waals surface area contributed by atoms with E-state index in [0.29, 0.717) is 18.8 Å². The zero-order valence-electron chi connectivity index (χ0n) is 12.1. The second kappa shape index (κ2) is 7.47. The molecule has 1 amide bonds. The summed E-state index contributed by atoms with van der Waals surface area (Å²) in [5, 5.41) is 9.25. The van der Waals surface area contributed by atoms with Crippen molar-refractivity contribution >= 4 is 29.3 Å². The molecule has 0 aliphatic carbocycles. The number of para-hydroxylation sites is 1. The minimum Gasteiger partial charge on any atom is -0.480 e. The molecule has 1 aliphatic rings. The van der Waals surface area contributed by atoms with Crippen molar-refractivity contribution in [3.8, 4) is 0 Å². The van der Waals surface area contributed by atoms with E-state index in [0.717, 1.165) is 11.4 Å². The van der Waals surface area contributed by atoms with Crippen LogP contribution in [0, 0.1) is 0 Å². The van der Waals surface area contributed by atoms with Gasteiger partial charge in [0.1, 0.15) is 6.04 Å². The molecule has 2 rings (SSSR count). The van der Waals surface area contributed by atoms with Gasteiger partial charge < -0.3 is 10.0 Å². The lowest BCUT2D eigenvalue weighted by Crippen LogP contribution is -2.51. The number of aliphatic carboxylic acids is 1. The second-order valence-corrected chi connectivity index (χ2v) is 6.02. The molecule has 5 nitrogen and oxygen atoms in total. The predicted molar refractivity (Wildman–Crippen MR) is 84.8 cm³/mol. The molecule has 1 saturated heterocycles. The minimum atomic E-state index is -0.849. The van der Waals surface area contributed by atoms with Crippen molar-refractivity contribution in [2.45, 2.75) is 13.0 Å². The Balaban J connectivity index is 2.06. The number of nitrogens with zero attached hydrogens (tertiary/aromatic N) is 2. The third kappa shape index (κ3) is 3.98. The van der Waals surface area contributed by atoms with Crippen molar-refractivity contribution in [3.05, 3.63) is 30.3 Å². The van der Waals surface area contributed by atoms with Gasteiger partial charge in [0.15, 0.2) is 0 Å². The van der Waals surface area contributed by atoms with Crippen molar-refractivity contribution in [2.24, 2.45) is 0 Å². The number of carboxylic acid groups (broad SMARTS) is 1. The normalized spacial score (nSPS) is 19.2. The van der Waals surface area contributed by atoms with Gasteiger partial charge in [0, 0.05) is 30.3 Å². The summed E-state index contributed by atoms with van der Waals surface area (Å²) >= 11 is 1.63. The van der Waals surface area contributed by atoms with Gasteiger partial charge in [0.05, 0.1) is 6.54 Å². The molecule has 1 heterocycles. The molecule has 1 aliphatic heterocycles. The lowest BCUT2D eigenvalue weighted by molar-refractivity contribution is -0.142. The van der Waals surface area contributed by atoms with E-state index >= 15 is 0 Å². The predicted octanol–water partition coefficient (Wildman–Crippen LogP) is 1.54. The van der Waals surface area contributed by atoms with Crippen LogP contribution >= 0.6 is 11.8 Å². The number of carboxylic acids is 1. The SMILES string of the molecule is CCN(C(=O)CN1CCSCC1C(=O)O)c1ccccc1.